The number of aliphatic hydroxyl groups is 1. The first-order valence-electron chi connectivity index (χ1n) is 8.11. The minimum absolute atomic E-state index is 0.0690. The first-order valence-corrected chi connectivity index (χ1v) is 8.99. The molecule has 1 aliphatic heterocycles. The van der Waals surface area contributed by atoms with Crippen molar-refractivity contribution in [2.24, 2.45) is 10.4 Å². The fraction of sp³-hybridized carbons (Fsp3) is 0.733. The third kappa shape index (κ3) is 5.82. The average molecular weight is 380 g/mol. The molecule has 0 radical (unpaired) electrons. The van der Waals surface area contributed by atoms with Gasteiger partial charge >= 0.3 is 6.18 Å². The van der Waals surface area contributed by atoms with Gasteiger partial charge in [-0.1, -0.05) is 0 Å². The number of rotatable bonds is 7. The number of thiazole rings is 1. The summed E-state index contributed by atoms with van der Waals surface area (Å²) < 4.78 is 43.2. The summed E-state index contributed by atoms with van der Waals surface area (Å²) >= 11 is 0.940. The fourth-order valence-electron chi connectivity index (χ4n) is 2.59. The molecule has 0 spiro atoms. The number of halogens is 3. The number of ether oxygens (including phenoxy) is 1. The lowest BCUT2D eigenvalue weighted by atomic mass is 9.84. The zero-order chi connectivity index (χ0) is 18.3. The van der Waals surface area contributed by atoms with Gasteiger partial charge in [0.15, 0.2) is 11.7 Å². The van der Waals surface area contributed by atoms with Crippen LogP contribution in [0.25, 0.3) is 0 Å². The van der Waals surface area contributed by atoms with Gasteiger partial charge in [-0.2, -0.15) is 13.2 Å². The molecular formula is C15H23F3N4O2S. The van der Waals surface area contributed by atoms with Gasteiger partial charge in [0.2, 0.25) is 0 Å². The maximum atomic E-state index is 12.6. The maximum absolute atomic E-state index is 12.6. The molecule has 0 bridgehead atoms. The molecule has 25 heavy (non-hydrogen) atoms. The van der Waals surface area contributed by atoms with Crippen molar-refractivity contribution >= 4 is 17.3 Å². The highest BCUT2D eigenvalue weighted by Gasteiger charge is 2.35. The number of hydrogen-bond donors (Lipinski definition) is 3. The standard InChI is InChI=1S/C15H23F3N4O2S/c1-2-19-13(21-9-14(3-5-23)4-6-24-10-14)20-7-12-22-11(8-25-12)15(16,17)18/h8,23H,2-7,9-10H2,1H3,(H2,19,20,21). The van der Waals surface area contributed by atoms with Crippen LogP contribution in [0.5, 0.6) is 0 Å². The molecule has 6 nitrogen and oxygen atoms in total. The Balaban J connectivity index is 1.97. The summed E-state index contributed by atoms with van der Waals surface area (Å²) in [5.74, 6) is 0.510. The van der Waals surface area contributed by atoms with E-state index in [4.69, 9.17) is 4.74 Å². The van der Waals surface area contributed by atoms with Crippen molar-refractivity contribution in [3.63, 3.8) is 0 Å². The lowest BCUT2D eigenvalue weighted by Crippen LogP contribution is -2.44. The highest BCUT2D eigenvalue weighted by molar-refractivity contribution is 7.09. The Bertz CT molecular complexity index is 571. The van der Waals surface area contributed by atoms with E-state index in [2.05, 4.69) is 20.6 Å². The predicted octanol–water partition coefficient (Wildman–Crippen LogP) is 2.01. The van der Waals surface area contributed by atoms with Crippen molar-refractivity contribution in [1.29, 1.82) is 0 Å². The van der Waals surface area contributed by atoms with Gasteiger partial charge in [0.05, 0.1) is 13.2 Å². The van der Waals surface area contributed by atoms with Crippen molar-refractivity contribution in [3.8, 4) is 0 Å². The van der Waals surface area contributed by atoms with E-state index >= 15 is 0 Å². The minimum atomic E-state index is -4.43. The van der Waals surface area contributed by atoms with Gasteiger partial charge in [-0.25, -0.2) is 9.98 Å². The molecule has 0 aliphatic carbocycles. The first kappa shape index (κ1) is 19.9. The second-order valence-corrected chi connectivity index (χ2v) is 6.89. The van der Waals surface area contributed by atoms with Gasteiger partial charge in [0.1, 0.15) is 5.01 Å². The van der Waals surface area contributed by atoms with Gasteiger partial charge in [0, 0.05) is 37.1 Å². The number of alkyl halides is 3. The Morgan fingerprint density at radius 1 is 1.48 bits per heavy atom. The second-order valence-electron chi connectivity index (χ2n) is 5.95. The van der Waals surface area contributed by atoms with Crippen LogP contribution in [0, 0.1) is 5.41 Å². The minimum Gasteiger partial charge on any atom is -0.396 e. The molecule has 1 fully saturated rings. The molecule has 3 N–H and O–H groups in total. The van der Waals surface area contributed by atoms with E-state index in [1.54, 1.807) is 0 Å². The van der Waals surface area contributed by atoms with Crippen molar-refractivity contribution in [2.75, 3.05) is 32.9 Å². The third-order valence-electron chi connectivity index (χ3n) is 4.02. The zero-order valence-corrected chi connectivity index (χ0v) is 14.8. The largest absolute Gasteiger partial charge is 0.434 e. The maximum Gasteiger partial charge on any atom is 0.434 e. The molecular weight excluding hydrogens is 357 g/mol. The van der Waals surface area contributed by atoms with Crippen LogP contribution < -0.4 is 10.6 Å². The van der Waals surface area contributed by atoms with E-state index in [1.165, 1.54) is 0 Å². The number of nitrogens with zero attached hydrogens (tertiary/aromatic N) is 2. The first-order chi connectivity index (χ1) is 11.9. The molecule has 10 heteroatoms. The summed E-state index contributed by atoms with van der Waals surface area (Å²) in [7, 11) is 0. The summed E-state index contributed by atoms with van der Waals surface area (Å²) in [6.45, 7) is 4.49. The Hall–Kier alpha value is -1.39. The number of guanidine groups is 1. The molecule has 2 rings (SSSR count). The molecule has 1 aromatic heterocycles. The van der Waals surface area contributed by atoms with Crippen LogP contribution >= 0.6 is 11.3 Å². The Labute approximate surface area is 148 Å². The van der Waals surface area contributed by atoms with Gasteiger partial charge in [-0.15, -0.1) is 11.3 Å². The van der Waals surface area contributed by atoms with Gasteiger partial charge < -0.3 is 20.5 Å². The van der Waals surface area contributed by atoms with E-state index in [0.29, 0.717) is 43.7 Å². The number of aliphatic hydroxyl groups excluding tert-OH is 1. The second kappa shape index (κ2) is 8.81. The summed E-state index contributed by atoms with van der Waals surface area (Å²) in [4.78, 5) is 7.88. The van der Waals surface area contributed by atoms with Gasteiger partial charge in [-0.05, 0) is 19.8 Å². The van der Waals surface area contributed by atoms with E-state index in [0.717, 1.165) is 23.1 Å². The Kier molecular flexibility index (Phi) is 7.03. The van der Waals surface area contributed by atoms with Gasteiger partial charge in [0.25, 0.3) is 0 Å². The molecule has 0 amide bonds. The van der Waals surface area contributed by atoms with Crippen LogP contribution in [-0.2, 0) is 17.5 Å². The van der Waals surface area contributed by atoms with Crippen molar-refractivity contribution in [3.05, 3.63) is 16.1 Å². The van der Waals surface area contributed by atoms with E-state index in [9.17, 15) is 18.3 Å². The van der Waals surface area contributed by atoms with Crippen molar-refractivity contribution < 1.29 is 23.0 Å². The summed E-state index contributed by atoms with van der Waals surface area (Å²) in [5.41, 5.74) is -1.03. The number of aliphatic imine (C=N–C) groups is 1. The smallest absolute Gasteiger partial charge is 0.396 e. The monoisotopic (exact) mass is 380 g/mol. The number of aromatic nitrogens is 1. The molecule has 0 aromatic carbocycles. The Morgan fingerprint density at radius 3 is 2.84 bits per heavy atom. The van der Waals surface area contributed by atoms with Crippen molar-refractivity contribution in [1.82, 2.24) is 15.6 Å². The van der Waals surface area contributed by atoms with Crippen LogP contribution in [0.2, 0.25) is 0 Å². The van der Waals surface area contributed by atoms with Crippen LogP contribution in [-0.4, -0.2) is 49.0 Å². The molecule has 0 saturated carbocycles. The number of nitrogens with one attached hydrogen (secondary N) is 2. The van der Waals surface area contributed by atoms with E-state index in [-0.39, 0.29) is 18.6 Å². The van der Waals surface area contributed by atoms with Crippen LogP contribution in [0.3, 0.4) is 0 Å². The molecule has 1 atom stereocenters. The molecule has 1 unspecified atom stereocenters. The summed E-state index contributed by atoms with van der Waals surface area (Å²) in [5, 5.41) is 16.8. The quantitative estimate of drug-likeness (QED) is 0.498. The number of hydrogen-bond acceptors (Lipinski definition) is 5. The van der Waals surface area contributed by atoms with E-state index in [1.807, 2.05) is 6.92 Å². The fourth-order valence-corrected chi connectivity index (χ4v) is 3.31. The lowest BCUT2D eigenvalue weighted by Gasteiger charge is -2.27. The predicted molar refractivity (Wildman–Crippen MR) is 89.5 cm³/mol. The normalized spacial score (nSPS) is 21.6. The van der Waals surface area contributed by atoms with E-state index < -0.39 is 11.9 Å². The van der Waals surface area contributed by atoms with Crippen LogP contribution in [0.4, 0.5) is 13.2 Å². The van der Waals surface area contributed by atoms with Gasteiger partial charge in [-0.3, -0.25) is 0 Å². The van der Waals surface area contributed by atoms with Crippen LogP contribution in [0.1, 0.15) is 30.5 Å². The molecule has 1 aromatic rings. The lowest BCUT2D eigenvalue weighted by molar-refractivity contribution is -0.140. The highest BCUT2D eigenvalue weighted by atomic mass is 32.1. The summed E-state index contributed by atoms with van der Waals surface area (Å²) in [6.07, 6.45) is -2.96. The SMILES string of the molecule is CCNC(=NCc1nc(C(F)(F)F)cs1)NCC1(CCO)CCOC1. The zero-order valence-electron chi connectivity index (χ0n) is 14.0. The Morgan fingerprint density at radius 2 is 2.28 bits per heavy atom. The summed E-state index contributed by atoms with van der Waals surface area (Å²) in [6, 6.07) is 0. The molecule has 1 aliphatic rings. The average Bonchev–Trinajstić information content (AvgIpc) is 3.20. The molecule has 2 heterocycles. The molecule has 142 valence electrons. The third-order valence-corrected chi connectivity index (χ3v) is 4.85. The topological polar surface area (TPSA) is 78.8 Å². The van der Waals surface area contributed by atoms with Crippen molar-refractivity contribution in [2.45, 2.75) is 32.5 Å². The molecule has 1 saturated heterocycles. The van der Waals surface area contributed by atoms with Crippen LogP contribution in [0.15, 0.2) is 10.4 Å². The highest BCUT2D eigenvalue weighted by Crippen LogP contribution is 2.31.